The van der Waals surface area contributed by atoms with E-state index >= 15 is 0 Å². The number of benzene rings is 1. The Balaban J connectivity index is 1.84. The van der Waals surface area contributed by atoms with Crippen LogP contribution in [-0.2, 0) is 9.53 Å². The van der Waals surface area contributed by atoms with E-state index in [1.807, 2.05) is 11.4 Å². The number of hydrogen-bond acceptors (Lipinski definition) is 5. The van der Waals surface area contributed by atoms with Gasteiger partial charge in [-0.2, -0.15) is 5.26 Å². The lowest BCUT2D eigenvalue weighted by Gasteiger charge is -2.33. The fraction of sp³-hybridized carbons (Fsp3) is 0.294. The van der Waals surface area contributed by atoms with Crippen molar-refractivity contribution >= 4 is 38.9 Å². The number of amides is 1. The molecule has 2 aromatic rings. The Morgan fingerprint density at radius 2 is 2.17 bits per heavy atom. The number of hydrogen-bond donors (Lipinski definition) is 1. The third kappa shape index (κ3) is 4.02. The summed E-state index contributed by atoms with van der Waals surface area (Å²) >= 11 is 5.01. The monoisotopic (exact) mass is 405 g/mol. The number of morpholine rings is 1. The van der Waals surface area contributed by atoms with E-state index in [9.17, 15) is 4.79 Å². The topological polar surface area (TPSA) is 65.4 Å². The summed E-state index contributed by atoms with van der Waals surface area (Å²) in [5.74, 6) is -0.0960. The van der Waals surface area contributed by atoms with Crippen LogP contribution in [-0.4, -0.2) is 37.1 Å². The van der Waals surface area contributed by atoms with E-state index < -0.39 is 0 Å². The molecule has 0 bridgehead atoms. The molecule has 1 aromatic heterocycles. The maximum Gasteiger partial charge on any atom is 0.247 e. The molecule has 0 aliphatic carbocycles. The largest absolute Gasteiger partial charge is 0.379 e. The summed E-state index contributed by atoms with van der Waals surface area (Å²) in [6.07, 6.45) is 0. The number of halogens is 1. The standard InChI is InChI=1S/C17H16BrN3O2S/c18-13-9-15(24-11-13)16(21-4-6-23-7-5-21)17(22)20-14-3-1-2-12(8-14)10-19/h1-3,8-9,11,16H,4-7H2,(H,20,22)/t16-/m1/s1. The van der Waals surface area contributed by atoms with Gasteiger partial charge < -0.3 is 10.1 Å². The molecule has 1 fully saturated rings. The first-order chi connectivity index (χ1) is 11.7. The van der Waals surface area contributed by atoms with E-state index in [0.29, 0.717) is 37.6 Å². The Morgan fingerprint density at radius 1 is 1.38 bits per heavy atom. The van der Waals surface area contributed by atoms with Gasteiger partial charge in [0.05, 0.1) is 24.8 Å². The van der Waals surface area contributed by atoms with Crippen LogP contribution in [0.2, 0.25) is 0 Å². The summed E-state index contributed by atoms with van der Waals surface area (Å²) in [6, 6.07) is 10.7. The number of nitriles is 1. The molecule has 0 unspecified atom stereocenters. The summed E-state index contributed by atoms with van der Waals surface area (Å²) in [5, 5.41) is 13.9. The number of nitrogens with one attached hydrogen (secondary N) is 1. The van der Waals surface area contributed by atoms with Crippen molar-refractivity contribution in [2.75, 3.05) is 31.6 Å². The van der Waals surface area contributed by atoms with Gasteiger partial charge in [-0.3, -0.25) is 9.69 Å². The summed E-state index contributed by atoms with van der Waals surface area (Å²) in [5.41, 5.74) is 1.16. The van der Waals surface area contributed by atoms with Gasteiger partial charge in [0.15, 0.2) is 0 Å². The van der Waals surface area contributed by atoms with Crippen LogP contribution in [0.4, 0.5) is 5.69 Å². The molecule has 1 aliphatic rings. The number of anilines is 1. The van der Waals surface area contributed by atoms with Gasteiger partial charge in [0.25, 0.3) is 0 Å². The van der Waals surface area contributed by atoms with Crippen LogP contribution >= 0.6 is 27.3 Å². The molecule has 2 heterocycles. The molecule has 1 atom stereocenters. The third-order valence-electron chi connectivity index (χ3n) is 3.78. The van der Waals surface area contributed by atoms with Crippen LogP contribution < -0.4 is 5.32 Å². The average Bonchev–Trinajstić information content (AvgIpc) is 3.02. The molecule has 3 rings (SSSR count). The maximum absolute atomic E-state index is 12.9. The van der Waals surface area contributed by atoms with Crippen LogP contribution in [0.25, 0.3) is 0 Å². The first-order valence-corrected chi connectivity index (χ1v) is 9.21. The number of thiophene rings is 1. The molecule has 1 aliphatic heterocycles. The van der Waals surface area contributed by atoms with E-state index in [1.165, 1.54) is 0 Å². The molecular formula is C17H16BrN3O2S. The van der Waals surface area contributed by atoms with E-state index in [0.717, 1.165) is 9.35 Å². The van der Waals surface area contributed by atoms with Crippen molar-refractivity contribution in [3.63, 3.8) is 0 Å². The SMILES string of the molecule is N#Cc1cccc(NC(=O)[C@@H](c2cc(Br)cs2)N2CCOCC2)c1. The fourth-order valence-electron chi connectivity index (χ4n) is 2.66. The number of ether oxygens (including phenoxy) is 1. The molecule has 0 saturated carbocycles. The Hall–Kier alpha value is -1.72. The van der Waals surface area contributed by atoms with Gasteiger partial charge in [-0.1, -0.05) is 6.07 Å². The highest BCUT2D eigenvalue weighted by atomic mass is 79.9. The van der Waals surface area contributed by atoms with Crippen LogP contribution in [0.5, 0.6) is 0 Å². The van der Waals surface area contributed by atoms with Crippen LogP contribution in [0.3, 0.4) is 0 Å². The lowest BCUT2D eigenvalue weighted by molar-refractivity contribution is -0.123. The van der Waals surface area contributed by atoms with Gasteiger partial charge in [-0.15, -0.1) is 11.3 Å². The van der Waals surface area contributed by atoms with Crippen molar-refractivity contribution in [1.29, 1.82) is 5.26 Å². The first kappa shape index (κ1) is 17.1. The highest BCUT2D eigenvalue weighted by molar-refractivity contribution is 9.10. The van der Waals surface area contributed by atoms with Crippen LogP contribution in [0, 0.1) is 11.3 Å². The zero-order valence-corrected chi connectivity index (χ0v) is 15.3. The Kier molecular flexibility index (Phi) is 5.63. The van der Waals surface area contributed by atoms with E-state index in [4.69, 9.17) is 10.00 Å². The number of carbonyl (C=O) groups excluding carboxylic acids is 1. The lowest BCUT2D eigenvalue weighted by Crippen LogP contribution is -2.43. The Labute approximate surface area is 153 Å². The third-order valence-corrected chi connectivity index (χ3v) is 5.52. The summed E-state index contributed by atoms with van der Waals surface area (Å²) in [6.45, 7) is 2.68. The maximum atomic E-state index is 12.9. The second-order valence-electron chi connectivity index (χ2n) is 5.40. The van der Waals surface area contributed by atoms with Crippen LogP contribution in [0.1, 0.15) is 16.5 Å². The number of rotatable bonds is 4. The predicted octanol–water partition coefficient (Wildman–Crippen LogP) is 3.39. The average molecular weight is 406 g/mol. The number of carbonyl (C=O) groups is 1. The first-order valence-electron chi connectivity index (χ1n) is 7.54. The van der Waals surface area contributed by atoms with Crippen molar-refractivity contribution in [1.82, 2.24) is 4.90 Å². The van der Waals surface area contributed by atoms with Gasteiger partial charge >= 0.3 is 0 Å². The van der Waals surface area contributed by atoms with Crippen molar-refractivity contribution in [2.24, 2.45) is 0 Å². The summed E-state index contributed by atoms with van der Waals surface area (Å²) < 4.78 is 6.38. The van der Waals surface area contributed by atoms with Crippen molar-refractivity contribution in [2.45, 2.75) is 6.04 Å². The minimum absolute atomic E-state index is 0.0960. The molecule has 5 nitrogen and oxygen atoms in total. The second-order valence-corrected chi connectivity index (χ2v) is 7.26. The van der Waals surface area contributed by atoms with E-state index in [2.05, 4.69) is 32.2 Å². The summed E-state index contributed by atoms with van der Waals surface area (Å²) in [7, 11) is 0. The predicted molar refractivity (Wildman–Crippen MR) is 96.9 cm³/mol. The fourth-order valence-corrected chi connectivity index (χ4v) is 4.23. The second kappa shape index (κ2) is 7.90. The molecule has 1 amide bonds. The lowest BCUT2D eigenvalue weighted by atomic mass is 10.1. The molecule has 1 aromatic carbocycles. The molecule has 0 radical (unpaired) electrons. The van der Waals surface area contributed by atoms with Gasteiger partial charge in [0.1, 0.15) is 6.04 Å². The molecule has 1 N–H and O–H groups in total. The van der Waals surface area contributed by atoms with Crippen molar-refractivity contribution in [3.05, 3.63) is 50.6 Å². The van der Waals surface area contributed by atoms with Crippen molar-refractivity contribution < 1.29 is 9.53 Å². The van der Waals surface area contributed by atoms with Crippen LogP contribution in [0.15, 0.2) is 40.2 Å². The van der Waals surface area contributed by atoms with Gasteiger partial charge in [-0.05, 0) is 40.2 Å². The quantitative estimate of drug-likeness (QED) is 0.846. The zero-order valence-electron chi connectivity index (χ0n) is 12.9. The molecular weight excluding hydrogens is 390 g/mol. The Bertz CT molecular complexity index is 765. The molecule has 7 heteroatoms. The smallest absolute Gasteiger partial charge is 0.247 e. The van der Waals surface area contributed by atoms with Crippen molar-refractivity contribution in [3.8, 4) is 6.07 Å². The highest BCUT2D eigenvalue weighted by Crippen LogP contribution is 2.31. The molecule has 1 saturated heterocycles. The van der Waals surface area contributed by atoms with Gasteiger partial charge in [-0.25, -0.2) is 0 Å². The minimum Gasteiger partial charge on any atom is -0.379 e. The van der Waals surface area contributed by atoms with Gasteiger partial charge in [0, 0.05) is 33.5 Å². The Morgan fingerprint density at radius 3 is 2.83 bits per heavy atom. The molecule has 0 spiro atoms. The summed E-state index contributed by atoms with van der Waals surface area (Å²) in [4.78, 5) is 16.1. The van der Waals surface area contributed by atoms with E-state index in [1.54, 1.807) is 35.6 Å². The molecule has 24 heavy (non-hydrogen) atoms. The normalized spacial score (nSPS) is 16.3. The van der Waals surface area contributed by atoms with Gasteiger partial charge in [0.2, 0.25) is 5.91 Å². The zero-order chi connectivity index (χ0) is 16.9. The number of nitrogens with zero attached hydrogens (tertiary/aromatic N) is 2. The highest BCUT2D eigenvalue weighted by Gasteiger charge is 2.30. The molecule has 124 valence electrons. The minimum atomic E-state index is -0.365. The van der Waals surface area contributed by atoms with E-state index in [-0.39, 0.29) is 11.9 Å².